The van der Waals surface area contributed by atoms with E-state index in [0.717, 1.165) is 5.56 Å². The average Bonchev–Trinajstić information content (AvgIpc) is 3.26. The summed E-state index contributed by atoms with van der Waals surface area (Å²) in [5.41, 5.74) is 2.90. The van der Waals surface area contributed by atoms with Gasteiger partial charge in [0.15, 0.2) is 0 Å². The maximum atomic E-state index is 12.4. The number of unbranched alkanes of at least 4 members (excludes halogenated alkanes) is 1. The number of carbonyl (C=O) groups excluding carboxylic acids is 3. The molecule has 0 saturated carbocycles. The zero-order valence-corrected chi connectivity index (χ0v) is 21.6. The van der Waals surface area contributed by atoms with E-state index in [1.54, 1.807) is 60.1 Å². The molecule has 0 radical (unpaired) electrons. The molecule has 0 N–H and O–H groups in total. The van der Waals surface area contributed by atoms with E-state index in [2.05, 4.69) is 5.10 Å². The molecule has 2 aromatic carbocycles. The van der Waals surface area contributed by atoms with Gasteiger partial charge >= 0.3 is 5.97 Å². The number of nitrogens with zero attached hydrogens (tertiary/aromatic N) is 3. The van der Waals surface area contributed by atoms with Gasteiger partial charge in [0.1, 0.15) is 5.15 Å². The molecule has 0 aliphatic carbocycles. The summed E-state index contributed by atoms with van der Waals surface area (Å²) < 4.78 is 6.83. The first-order valence-corrected chi connectivity index (χ1v) is 12.4. The van der Waals surface area contributed by atoms with E-state index in [0.29, 0.717) is 57.0 Å². The number of hydrogen-bond donors (Lipinski definition) is 0. The Bertz CT molecular complexity index is 1330. The first-order valence-electron chi connectivity index (χ1n) is 11.2. The number of halogens is 3. The summed E-state index contributed by atoms with van der Waals surface area (Å²) in [5, 5.41) is 5.84. The molecule has 1 aliphatic heterocycles. The van der Waals surface area contributed by atoms with Crippen LogP contribution in [0.2, 0.25) is 15.2 Å². The summed E-state index contributed by atoms with van der Waals surface area (Å²) in [6, 6.07) is 12.0. The summed E-state index contributed by atoms with van der Waals surface area (Å²) in [6.45, 7) is 2.57. The standard InChI is InChI=1S/C26H22Cl3N3O4/c1-16-19(24(29)32(30-16)15-17-8-9-18(27)14-22(17)28)10-11-23(33)36-13-5-4-12-31-25(34)20-6-2-3-7-21(20)26(31)35/h2-3,6-11,14H,4-5,12-13,15H2,1H3/b11-10+. The molecule has 2 amide bonds. The van der Waals surface area contributed by atoms with Gasteiger partial charge in [-0.15, -0.1) is 0 Å². The SMILES string of the molecule is Cc1nn(Cc2ccc(Cl)cc2Cl)c(Cl)c1/C=C/C(=O)OCCCCN1C(=O)c2ccccc2C1=O. The number of aromatic nitrogens is 2. The third-order valence-electron chi connectivity index (χ3n) is 5.73. The third-order valence-corrected chi connectivity index (χ3v) is 6.71. The van der Waals surface area contributed by atoms with Crippen molar-refractivity contribution >= 4 is 58.7 Å². The zero-order chi connectivity index (χ0) is 25.8. The highest BCUT2D eigenvalue weighted by molar-refractivity contribution is 6.35. The van der Waals surface area contributed by atoms with Crippen molar-refractivity contribution in [3.8, 4) is 0 Å². The van der Waals surface area contributed by atoms with Gasteiger partial charge < -0.3 is 4.74 Å². The molecule has 0 fully saturated rings. The number of hydrogen-bond acceptors (Lipinski definition) is 5. The zero-order valence-electron chi connectivity index (χ0n) is 19.3. The smallest absolute Gasteiger partial charge is 0.330 e. The molecule has 0 spiro atoms. The van der Waals surface area contributed by atoms with Crippen molar-refractivity contribution in [1.82, 2.24) is 14.7 Å². The Morgan fingerprint density at radius 2 is 1.72 bits per heavy atom. The highest BCUT2D eigenvalue weighted by Crippen LogP contribution is 2.26. The van der Waals surface area contributed by atoms with E-state index in [9.17, 15) is 14.4 Å². The number of ether oxygens (including phenoxy) is 1. The van der Waals surface area contributed by atoms with Gasteiger partial charge in [0.25, 0.3) is 11.8 Å². The minimum Gasteiger partial charge on any atom is -0.463 e. The minimum atomic E-state index is -0.528. The van der Waals surface area contributed by atoms with E-state index < -0.39 is 5.97 Å². The number of benzene rings is 2. The Morgan fingerprint density at radius 1 is 1.03 bits per heavy atom. The Kier molecular flexibility index (Phi) is 8.14. The molecule has 186 valence electrons. The fraction of sp³-hybridized carbons (Fsp3) is 0.231. The Morgan fingerprint density at radius 3 is 2.39 bits per heavy atom. The monoisotopic (exact) mass is 545 g/mol. The van der Waals surface area contributed by atoms with Crippen LogP contribution in [0.5, 0.6) is 0 Å². The first-order chi connectivity index (χ1) is 17.3. The van der Waals surface area contributed by atoms with Crippen LogP contribution in [0, 0.1) is 6.92 Å². The molecule has 0 atom stereocenters. The molecule has 36 heavy (non-hydrogen) atoms. The Labute approximate surface area is 223 Å². The molecule has 1 aromatic heterocycles. The molecule has 3 aromatic rings. The van der Waals surface area contributed by atoms with Gasteiger partial charge in [0.2, 0.25) is 0 Å². The molecule has 0 unspecified atom stereocenters. The third kappa shape index (κ3) is 5.64. The van der Waals surface area contributed by atoms with Crippen molar-refractivity contribution < 1.29 is 19.1 Å². The van der Waals surface area contributed by atoms with Crippen molar-refractivity contribution in [2.24, 2.45) is 0 Å². The Hall–Kier alpha value is -3.13. The van der Waals surface area contributed by atoms with E-state index in [4.69, 9.17) is 39.5 Å². The van der Waals surface area contributed by atoms with Crippen molar-refractivity contribution in [2.45, 2.75) is 26.3 Å². The number of imide groups is 1. The second kappa shape index (κ2) is 11.3. The molecule has 10 heteroatoms. The van der Waals surface area contributed by atoms with Crippen LogP contribution in [0.25, 0.3) is 6.08 Å². The van der Waals surface area contributed by atoms with Crippen LogP contribution in [0.1, 0.15) is 50.4 Å². The van der Waals surface area contributed by atoms with Crippen molar-refractivity contribution in [1.29, 1.82) is 0 Å². The first kappa shape index (κ1) is 25.9. The number of esters is 1. The second-order valence-electron chi connectivity index (χ2n) is 8.20. The number of aryl methyl sites for hydroxylation is 1. The van der Waals surface area contributed by atoms with Gasteiger partial charge in [0.05, 0.1) is 30.0 Å². The minimum absolute atomic E-state index is 0.160. The summed E-state index contributed by atoms with van der Waals surface area (Å²) in [7, 11) is 0. The van der Waals surface area contributed by atoms with Gasteiger partial charge in [-0.1, -0.05) is 53.0 Å². The van der Waals surface area contributed by atoms with Gasteiger partial charge in [-0.2, -0.15) is 5.10 Å². The highest BCUT2D eigenvalue weighted by Gasteiger charge is 2.34. The van der Waals surface area contributed by atoms with Crippen LogP contribution in [0.15, 0.2) is 48.5 Å². The molecule has 2 heterocycles. The van der Waals surface area contributed by atoms with Gasteiger partial charge in [-0.25, -0.2) is 9.48 Å². The molecule has 0 saturated heterocycles. The van der Waals surface area contributed by atoms with Crippen molar-refractivity contribution in [3.63, 3.8) is 0 Å². The Balaban J connectivity index is 1.25. The average molecular weight is 547 g/mol. The molecule has 0 bridgehead atoms. The predicted octanol–water partition coefficient (Wildman–Crippen LogP) is 5.83. The predicted molar refractivity (Wildman–Crippen MR) is 139 cm³/mol. The van der Waals surface area contributed by atoms with E-state index >= 15 is 0 Å². The number of amides is 2. The van der Waals surface area contributed by atoms with Crippen LogP contribution < -0.4 is 0 Å². The molecule has 4 rings (SSSR count). The molecular formula is C26H22Cl3N3O4. The fourth-order valence-electron chi connectivity index (χ4n) is 3.86. The summed E-state index contributed by atoms with van der Waals surface area (Å²) >= 11 is 18.7. The van der Waals surface area contributed by atoms with Crippen LogP contribution in [0.3, 0.4) is 0 Å². The highest BCUT2D eigenvalue weighted by atomic mass is 35.5. The van der Waals surface area contributed by atoms with E-state index in [1.807, 2.05) is 0 Å². The topological polar surface area (TPSA) is 81.5 Å². The van der Waals surface area contributed by atoms with Gasteiger partial charge in [-0.05, 0) is 55.7 Å². The lowest BCUT2D eigenvalue weighted by Crippen LogP contribution is -2.30. The number of rotatable bonds is 9. The maximum Gasteiger partial charge on any atom is 0.330 e. The normalized spacial score (nSPS) is 13.1. The summed E-state index contributed by atoms with van der Waals surface area (Å²) in [4.78, 5) is 38.1. The van der Waals surface area contributed by atoms with Crippen LogP contribution in [-0.2, 0) is 16.1 Å². The maximum absolute atomic E-state index is 12.4. The molecule has 7 nitrogen and oxygen atoms in total. The lowest BCUT2D eigenvalue weighted by Gasteiger charge is -2.13. The van der Waals surface area contributed by atoms with Gasteiger partial charge in [0, 0.05) is 28.2 Å². The quantitative estimate of drug-likeness (QED) is 0.146. The van der Waals surface area contributed by atoms with Crippen LogP contribution in [0.4, 0.5) is 0 Å². The lowest BCUT2D eigenvalue weighted by molar-refractivity contribution is -0.137. The summed E-state index contributed by atoms with van der Waals surface area (Å²) in [5.74, 6) is -1.11. The largest absolute Gasteiger partial charge is 0.463 e. The number of fused-ring (bicyclic) bond motifs is 1. The van der Waals surface area contributed by atoms with E-state index in [-0.39, 0.29) is 25.0 Å². The fourth-order valence-corrected chi connectivity index (χ4v) is 4.62. The molecule has 1 aliphatic rings. The van der Waals surface area contributed by atoms with E-state index in [1.165, 1.54) is 11.0 Å². The number of carbonyl (C=O) groups is 3. The van der Waals surface area contributed by atoms with Crippen molar-refractivity contribution in [3.05, 3.63) is 91.7 Å². The molecular weight excluding hydrogens is 525 g/mol. The van der Waals surface area contributed by atoms with Gasteiger partial charge in [-0.3, -0.25) is 14.5 Å². The van der Waals surface area contributed by atoms with Crippen LogP contribution in [-0.4, -0.2) is 45.6 Å². The second-order valence-corrected chi connectivity index (χ2v) is 9.40. The van der Waals surface area contributed by atoms with Crippen LogP contribution >= 0.6 is 34.8 Å². The lowest BCUT2D eigenvalue weighted by atomic mass is 10.1. The van der Waals surface area contributed by atoms with Crippen molar-refractivity contribution in [2.75, 3.05) is 13.2 Å². The summed E-state index contributed by atoms with van der Waals surface area (Å²) in [6.07, 6.45) is 3.88.